The van der Waals surface area contributed by atoms with E-state index in [4.69, 9.17) is 9.84 Å². The molecule has 0 saturated heterocycles. The van der Waals surface area contributed by atoms with Gasteiger partial charge in [-0.3, -0.25) is 0 Å². The molecule has 118 valence electrons. The summed E-state index contributed by atoms with van der Waals surface area (Å²) in [5.74, 6) is 6.23. The number of carbonyl (C=O) groups is 1. The molecule has 0 amide bonds. The van der Waals surface area contributed by atoms with Crippen molar-refractivity contribution < 1.29 is 14.6 Å². The first-order valence-electron chi connectivity index (χ1n) is 7.66. The summed E-state index contributed by atoms with van der Waals surface area (Å²) in [5, 5.41) is 18.4. The lowest BCUT2D eigenvalue weighted by Gasteiger charge is -2.15. The molecular weight excluding hydrogens is 294 g/mol. The standard InChI is InChI=1S/C17H17N3O3/c21-17(22)15-16(19-20-18-15)23-14-8-4-7-13(11-14)10-9-12-5-2-1-3-6-12/h4,7-8,11-12H,1-3,5-6H2,(H,21,22)(H,18,19,20). The number of aromatic amines is 1. The molecule has 1 heterocycles. The van der Waals surface area contributed by atoms with Crippen LogP contribution in [0, 0.1) is 17.8 Å². The summed E-state index contributed by atoms with van der Waals surface area (Å²) in [4.78, 5) is 11.0. The second-order valence-electron chi connectivity index (χ2n) is 5.53. The normalized spacial score (nSPS) is 14.8. The van der Waals surface area contributed by atoms with E-state index in [1.54, 1.807) is 12.1 Å². The van der Waals surface area contributed by atoms with E-state index in [0.29, 0.717) is 11.7 Å². The van der Waals surface area contributed by atoms with E-state index in [0.717, 1.165) is 5.56 Å². The third-order valence-electron chi connectivity index (χ3n) is 3.80. The molecule has 0 bridgehead atoms. The topological polar surface area (TPSA) is 88.1 Å². The highest BCUT2D eigenvalue weighted by Gasteiger charge is 2.16. The predicted molar refractivity (Wildman–Crippen MR) is 83.3 cm³/mol. The molecule has 0 atom stereocenters. The van der Waals surface area contributed by atoms with Crippen LogP contribution in [-0.4, -0.2) is 26.5 Å². The highest BCUT2D eigenvalue weighted by Crippen LogP contribution is 2.24. The van der Waals surface area contributed by atoms with Gasteiger partial charge in [0.15, 0.2) is 0 Å². The monoisotopic (exact) mass is 311 g/mol. The molecule has 6 heteroatoms. The third-order valence-corrected chi connectivity index (χ3v) is 3.80. The van der Waals surface area contributed by atoms with Crippen molar-refractivity contribution >= 4 is 5.97 Å². The van der Waals surface area contributed by atoms with Gasteiger partial charge in [0.05, 0.1) is 0 Å². The van der Waals surface area contributed by atoms with Gasteiger partial charge in [-0.1, -0.05) is 47.5 Å². The molecule has 0 unspecified atom stereocenters. The number of rotatable bonds is 3. The van der Waals surface area contributed by atoms with Crippen LogP contribution in [0.4, 0.5) is 0 Å². The fourth-order valence-electron chi connectivity index (χ4n) is 2.61. The Bertz CT molecular complexity index is 752. The molecule has 23 heavy (non-hydrogen) atoms. The van der Waals surface area contributed by atoms with Crippen LogP contribution in [0.15, 0.2) is 24.3 Å². The second-order valence-corrected chi connectivity index (χ2v) is 5.53. The molecule has 6 nitrogen and oxygen atoms in total. The summed E-state index contributed by atoms with van der Waals surface area (Å²) in [6.45, 7) is 0. The first kappa shape index (κ1) is 15.1. The van der Waals surface area contributed by atoms with Crippen molar-refractivity contribution in [1.29, 1.82) is 0 Å². The smallest absolute Gasteiger partial charge is 0.359 e. The van der Waals surface area contributed by atoms with Gasteiger partial charge >= 0.3 is 5.97 Å². The summed E-state index contributed by atoms with van der Waals surface area (Å²) in [7, 11) is 0. The zero-order valence-corrected chi connectivity index (χ0v) is 12.6. The van der Waals surface area contributed by atoms with Gasteiger partial charge in [0.1, 0.15) is 5.75 Å². The molecule has 1 aromatic carbocycles. The fraction of sp³-hybridized carbons (Fsp3) is 0.353. The van der Waals surface area contributed by atoms with E-state index in [2.05, 4.69) is 27.3 Å². The molecule has 3 rings (SSSR count). The Kier molecular flexibility index (Phi) is 4.57. The van der Waals surface area contributed by atoms with Gasteiger partial charge in [-0.2, -0.15) is 0 Å². The Morgan fingerprint density at radius 3 is 2.91 bits per heavy atom. The molecule has 2 N–H and O–H groups in total. The van der Waals surface area contributed by atoms with Gasteiger partial charge in [0.2, 0.25) is 5.69 Å². The molecule has 0 aliphatic heterocycles. The number of carboxylic acids is 1. The van der Waals surface area contributed by atoms with Gasteiger partial charge < -0.3 is 9.84 Å². The van der Waals surface area contributed by atoms with Gasteiger partial charge in [-0.05, 0) is 31.0 Å². The number of H-pyrrole nitrogens is 1. The molecule has 1 fully saturated rings. The van der Waals surface area contributed by atoms with Crippen molar-refractivity contribution in [3.8, 4) is 23.5 Å². The Morgan fingerprint density at radius 2 is 2.13 bits per heavy atom. The number of nitrogens with one attached hydrogen (secondary N) is 1. The number of hydrogen-bond donors (Lipinski definition) is 2. The van der Waals surface area contributed by atoms with Crippen molar-refractivity contribution in [3.63, 3.8) is 0 Å². The summed E-state index contributed by atoms with van der Waals surface area (Å²) >= 11 is 0. The van der Waals surface area contributed by atoms with Crippen molar-refractivity contribution in [2.45, 2.75) is 32.1 Å². The number of carboxylic acid groups (broad SMARTS) is 1. The average molecular weight is 311 g/mol. The van der Waals surface area contributed by atoms with E-state index in [-0.39, 0.29) is 11.6 Å². The van der Waals surface area contributed by atoms with E-state index in [9.17, 15) is 4.79 Å². The van der Waals surface area contributed by atoms with Crippen LogP contribution in [-0.2, 0) is 0 Å². The van der Waals surface area contributed by atoms with Crippen molar-refractivity contribution in [2.75, 3.05) is 0 Å². The number of benzene rings is 1. The third kappa shape index (κ3) is 3.89. The maximum Gasteiger partial charge on any atom is 0.359 e. The van der Waals surface area contributed by atoms with Crippen LogP contribution in [0.3, 0.4) is 0 Å². The maximum absolute atomic E-state index is 11.0. The fourth-order valence-corrected chi connectivity index (χ4v) is 2.61. The molecule has 1 aliphatic rings. The lowest BCUT2D eigenvalue weighted by molar-refractivity contribution is 0.0687. The molecular formula is C17H17N3O3. The van der Waals surface area contributed by atoms with Crippen LogP contribution in [0.25, 0.3) is 0 Å². The summed E-state index contributed by atoms with van der Waals surface area (Å²) in [6.07, 6.45) is 6.17. The van der Waals surface area contributed by atoms with Gasteiger partial charge in [0, 0.05) is 11.5 Å². The van der Waals surface area contributed by atoms with Gasteiger partial charge in [-0.15, -0.1) is 0 Å². The van der Waals surface area contributed by atoms with Crippen LogP contribution in [0.1, 0.15) is 48.2 Å². The van der Waals surface area contributed by atoms with Crippen molar-refractivity contribution in [2.24, 2.45) is 5.92 Å². The van der Waals surface area contributed by atoms with E-state index < -0.39 is 5.97 Å². The minimum Gasteiger partial charge on any atom is -0.476 e. The molecule has 1 aromatic heterocycles. The molecule has 1 saturated carbocycles. The molecule has 0 spiro atoms. The minimum absolute atomic E-state index is 0.0603. The summed E-state index contributed by atoms with van der Waals surface area (Å²) in [5.41, 5.74) is 0.664. The van der Waals surface area contributed by atoms with E-state index in [1.807, 2.05) is 12.1 Å². The highest BCUT2D eigenvalue weighted by molar-refractivity contribution is 5.87. The van der Waals surface area contributed by atoms with E-state index >= 15 is 0 Å². The molecule has 1 aliphatic carbocycles. The zero-order valence-electron chi connectivity index (χ0n) is 12.6. The SMILES string of the molecule is O=C(O)c1[nH]nnc1Oc1cccc(C#CC2CCCCC2)c1. The largest absolute Gasteiger partial charge is 0.476 e. The van der Waals surface area contributed by atoms with Crippen LogP contribution in [0.5, 0.6) is 11.6 Å². The molecule has 2 aromatic rings. The van der Waals surface area contributed by atoms with Gasteiger partial charge in [0.25, 0.3) is 5.88 Å². The minimum atomic E-state index is -1.17. The summed E-state index contributed by atoms with van der Waals surface area (Å²) < 4.78 is 5.49. The van der Waals surface area contributed by atoms with Crippen molar-refractivity contribution in [3.05, 3.63) is 35.5 Å². The zero-order chi connectivity index (χ0) is 16.1. The highest BCUT2D eigenvalue weighted by atomic mass is 16.5. The maximum atomic E-state index is 11.0. The van der Waals surface area contributed by atoms with Crippen molar-refractivity contribution in [1.82, 2.24) is 15.4 Å². The second kappa shape index (κ2) is 6.97. The van der Waals surface area contributed by atoms with E-state index in [1.165, 1.54) is 32.1 Å². The van der Waals surface area contributed by atoms with Crippen LogP contribution in [0.2, 0.25) is 0 Å². The Morgan fingerprint density at radius 1 is 1.30 bits per heavy atom. The first-order valence-corrected chi connectivity index (χ1v) is 7.66. The predicted octanol–water partition coefficient (Wildman–Crippen LogP) is 3.23. The lowest BCUT2D eigenvalue weighted by atomic mass is 9.90. The number of nitrogens with zero attached hydrogens (tertiary/aromatic N) is 2. The quantitative estimate of drug-likeness (QED) is 0.850. The Hall–Kier alpha value is -2.81. The Balaban J connectivity index is 1.73. The lowest BCUT2D eigenvalue weighted by Crippen LogP contribution is -2.03. The number of hydrogen-bond acceptors (Lipinski definition) is 4. The molecule has 0 radical (unpaired) electrons. The number of aromatic nitrogens is 3. The van der Waals surface area contributed by atoms with Gasteiger partial charge in [-0.25, -0.2) is 9.89 Å². The van der Waals surface area contributed by atoms with Crippen LogP contribution >= 0.6 is 0 Å². The summed E-state index contributed by atoms with van der Waals surface area (Å²) in [6, 6.07) is 7.23. The number of ether oxygens (including phenoxy) is 1. The van der Waals surface area contributed by atoms with Crippen LogP contribution < -0.4 is 4.74 Å². The number of aromatic carboxylic acids is 1. The first-order chi connectivity index (χ1) is 11.2. The average Bonchev–Trinajstić information content (AvgIpc) is 3.03. The Labute approximate surface area is 133 Å².